The number of thiazole rings is 1. The molecule has 0 spiro atoms. The van der Waals surface area contributed by atoms with E-state index in [1.807, 2.05) is 66.7 Å². The van der Waals surface area contributed by atoms with Crippen molar-refractivity contribution < 1.29 is 9.53 Å². The molecule has 0 amide bonds. The third-order valence-electron chi connectivity index (χ3n) is 4.90. The van der Waals surface area contributed by atoms with E-state index in [4.69, 9.17) is 9.72 Å². The van der Waals surface area contributed by atoms with Crippen LogP contribution in [0.4, 0.5) is 5.69 Å². The van der Waals surface area contributed by atoms with Gasteiger partial charge in [0, 0.05) is 16.3 Å². The summed E-state index contributed by atoms with van der Waals surface area (Å²) >= 11 is 5.04. The van der Waals surface area contributed by atoms with Crippen molar-refractivity contribution in [3.8, 4) is 16.3 Å². The van der Waals surface area contributed by atoms with Gasteiger partial charge in [0.05, 0.1) is 21.5 Å². The molecule has 0 saturated heterocycles. The maximum absolute atomic E-state index is 12.4. The van der Waals surface area contributed by atoms with Gasteiger partial charge in [0.15, 0.2) is 0 Å². The summed E-state index contributed by atoms with van der Waals surface area (Å²) in [5, 5.41) is 0.974. The van der Waals surface area contributed by atoms with E-state index in [-0.39, 0.29) is 0 Å². The largest absolute Gasteiger partial charge is 0.423 e. The Morgan fingerprint density at radius 3 is 2.55 bits per heavy atom. The molecule has 0 bridgehead atoms. The van der Waals surface area contributed by atoms with Crippen LogP contribution < -0.4 is 4.74 Å². The molecule has 5 rings (SSSR count). The zero-order chi connectivity index (χ0) is 22.6. The zero-order valence-electron chi connectivity index (χ0n) is 17.3. The Morgan fingerprint density at radius 1 is 0.909 bits per heavy atom. The molecule has 0 fully saturated rings. The number of fused-ring (bicyclic) bond motifs is 1. The lowest BCUT2D eigenvalue weighted by Crippen LogP contribution is -2.08. The van der Waals surface area contributed by atoms with E-state index in [0.717, 1.165) is 31.8 Å². The van der Waals surface area contributed by atoms with Crippen LogP contribution >= 0.6 is 27.3 Å². The number of nitrogens with zero attached hydrogens (tertiary/aromatic N) is 2. The minimum Gasteiger partial charge on any atom is -0.423 e. The molecule has 0 aliphatic rings. The summed E-state index contributed by atoms with van der Waals surface area (Å²) < 4.78 is 7.44. The molecule has 0 aliphatic heterocycles. The molecule has 0 aliphatic carbocycles. The lowest BCUT2D eigenvalue weighted by molar-refractivity contribution is 0.0734. The minimum atomic E-state index is -0.403. The molecule has 0 radical (unpaired) electrons. The third kappa shape index (κ3) is 5.08. The molecule has 1 heterocycles. The average Bonchev–Trinajstić information content (AvgIpc) is 3.28. The van der Waals surface area contributed by atoms with Gasteiger partial charge in [0.1, 0.15) is 10.8 Å². The SMILES string of the molecule is O=C(Oc1cccc(Br)c1)c1ccc(C=Nc2cccc(-c3nc4ccccc4s3)c2)cc1. The Balaban J connectivity index is 1.29. The van der Waals surface area contributed by atoms with Crippen LogP contribution in [-0.2, 0) is 0 Å². The fraction of sp³-hybridized carbons (Fsp3) is 0. The molecule has 160 valence electrons. The monoisotopic (exact) mass is 512 g/mol. The zero-order valence-corrected chi connectivity index (χ0v) is 19.7. The molecular formula is C27H17BrN2O2S. The van der Waals surface area contributed by atoms with Gasteiger partial charge in [0.2, 0.25) is 0 Å². The number of hydrogen-bond donors (Lipinski definition) is 0. The first kappa shape index (κ1) is 21.2. The number of esters is 1. The Kier molecular flexibility index (Phi) is 6.11. The molecular weight excluding hydrogens is 496 g/mol. The van der Waals surface area contributed by atoms with Crippen molar-refractivity contribution in [2.24, 2.45) is 4.99 Å². The molecule has 6 heteroatoms. The van der Waals surface area contributed by atoms with E-state index < -0.39 is 5.97 Å². The minimum absolute atomic E-state index is 0.403. The van der Waals surface area contributed by atoms with E-state index in [1.54, 1.807) is 41.8 Å². The smallest absolute Gasteiger partial charge is 0.343 e. The van der Waals surface area contributed by atoms with Crippen molar-refractivity contribution in [3.63, 3.8) is 0 Å². The number of rotatable bonds is 5. The number of halogens is 1. The maximum atomic E-state index is 12.4. The van der Waals surface area contributed by atoms with Crippen LogP contribution in [0.3, 0.4) is 0 Å². The predicted octanol–water partition coefficient (Wildman–Crippen LogP) is 7.70. The second-order valence-electron chi connectivity index (χ2n) is 7.26. The van der Waals surface area contributed by atoms with Gasteiger partial charge in [-0.1, -0.05) is 58.4 Å². The molecule has 0 atom stereocenters. The lowest BCUT2D eigenvalue weighted by Gasteiger charge is -2.05. The van der Waals surface area contributed by atoms with Gasteiger partial charge >= 0.3 is 5.97 Å². The first-order valence-electron chi connectivity index (χ1n) is 10.2. The van der Waals surface area contributed by atoms with Crippen molar-refractivity contribution in [1.29, 1.82) is 0 Å². The van der Waals surface area contributed by atoms with Crippen LogP contribution in [-0.4, -0.2) is 17.2 Å². The molecule has 0 N–H and O–H groups in total. The number of aliphatic imine (C=N–C) groups is 1. The second-order valence-corrected chi connectivity index (χ2v) is 9.21. The summed E-state index contributed by atoms with van der Waals surface area (Å²) in [6.07, 6.45) is 1.78. The molecule has 4 aromatic carbocycles. The highest BCUT2D eigenvalue weighted by molar-refractivity contribution is 9.10. The summed E-state index contributed by atoms with van der Waals surface area (Å²) in [5.74, 6) is 0.0909. The molecule has 0 saturated carbocycles. The normalized spacial score (nSPS) is 11.2. The maximum Gasteiger partial charge on any atom is 0.343 e. The summed E-state index contributed by atoms with van der Waals surface area (Å²) in [7, 11) is 0. The summed E-state index contributed by atoms with van der Waals surface area (Å²) in [6, 6.07) is 30.5. The Bertz CT molecular complexity index is 1440. The molecule has 1 aromatic heterocycles. The van der Waals surface area contributed by atoms with Crippen LogP contribution in [0.5, 0.6) is 5.75 Å². The van der Waals surface area contributed by atoms with Crippen molar-refractivity contribution in [2.45, 2.75) is 0 Å². The number of carbonyl (C=O) groups excluding carboxylic acids is 1. The van der Waals surface area contributed by atoms with Crippen LogP contribution in [0.1, 0.15) is 15.9 Å². The topological polar surface area (TPSA) is 51.5 Å². The van der Waals surface area contributed by atoms with Gasteiger partial charge in [-0.2, -0.15) is 0 Å². The Morgan fingerprint density at radius 2 is 1.73 bits per heavy atom. The average molecular weight is 513 g/mol. The van der Waals surface area contributed by atoms with E-state index in [0.29, 0.717) is 11.3 Å². The van der Waals surface area contributed by atoms with Gasteiger partial charge in [-0.05, 0) is 60.2 Å². The number of aromatic nitrogens is 1. The molecule has 5 aromatic rings. The van der Waals surface area contributed by atoms with Crippen molar-refractivity contribution in [2.75, 3.05) is 0 Å². The first-order chi connectivity index (χ1) is 16.1. The highest BCUT2D eigenvalue weighted by Gasteiger charge is 2.09. The van der Waals surface area contributed by atoms with E-state index in [2.05, 4.69) is 27.0 Å². The van der Waals surface area contributed by atoms with Crippen molar-refractivity contribution in [3.05, 3.63) is 113 Å². The predicted molar refractivity (Wildman–Crippen MR) is 138 cm³/mol. The fourth-order valence-corrected chi connectivity index (χ4v) is 4.61. The molecule has 0 unspecified atom stereocenters. The van der Waals surface area contributed by atoms with E-state index in [9.17, 15) is 4.79 Å². The third-order valence-corrected chi connectivity index (χ3v) is 6.48. The number of para-hydroxylation sites is 1. The summed E-state index contributed by atoms with van der Waals surface area (Å²) in [6.45, 7) is 0. The van der Waals surface area contributed by atoms with Gasteiger partial charge in [-0.3, -0.25) is 4.99 Å². The Hall–Kier alpha value is -3.61. The molecule has 33 heavy (non-hydrogen) atoms. The quantitative estimate of drug-likeness (QED) is 0.138. The second kappa shape index (κ2) is 9.48. The van der Waals surface area contributed by atoms with E-state index in [1.165, 1.54) is 4.70 Å². The number of carbonyl (C=O) groups is 1. The first-order valence-corrected chi connectivity index (χ1v) is 11.8. The van der Waals surface area contributed by atoms with E-state index >= 15 is 0 Å². The van der Waals surface area contributed by atoms with Crippen LogP contribution in [0.2, 0.25) is 0 Å². The van der Waals surface area contributed by atoms with Gasteiger partial charge in [-0.25, -0.2) is 9.78 Å². The highest BCUT2D eigenvalue weighted by atomic mass is 79.9. The molecule has 4 nitrogen and oxygen atoms in total. The standard InChI is InChI=1S/C27H17BrN2O2S/c28-21-6-4-8-23(16-21)32-27(31)19-13-11-18(12-14-19)17-29-22-7-3-5-20(15-22)26-30-24-9-1-2-10-25(24)33-26/h1-17H. The van der Waals surface area contributed by atoms with Crippen molar-refractivity contribution >= 4 is 55.4 Å². The van der Waals surface area contributed by atoms with Gasteiger partial charge in [-0.15, -0.1) is 11.3 Å². The lowest BCUT2D eigenvalue weighted by atomic mass is 10.1. The number of hydrogen-bond acceptors (Lipinski definition) is 5. The van der Waals surface area contributed by atoms with Crippen LogP contribution in [0.25, 0.3) is 20.8 Å². The summed E-state index contributed by atoms with van der Waals surface area (Å²) in [5.41, 5.74) is 4.25. The van der Waals surface area contributed by atoms with Crippen LogP contribution in [0, 0.1) is 0 Å². The summed E-state index contributed by atoms with van der Waals surface area (Å²) in [4.78, 5) is 21.7. The number of ether oxygens (including phenoxy) is 1. The number of benzene rings is 4. The van der Waals surface area contributed by atoms with Crippen LogP contribution in [0.15, 0.2) is 107 Å². The fourth-order valence-electron chi connectivity index (χ4n) is 3.27. The van der Waals surface area contributed by atoms with Crippen molar-refractivity contribution in [1.82, 2.24) is 4.98 Å². The highest BCUT2D eigenvalue weighted by Crippen LogP contribution is 2.31. The Labute approximate surface area is 203 Å². The van der Waals surface area contributed by atoms with Gasteiger partial charge < -0.3 is 4.74 Å². The van der Waals surface area contributed by atoms with Gasteiger partial charge in [0.25, 0.3) is 0 Å².